The van der Waals surface area contributed by atoms with Crippen molar-refractivity contribution in [2.24, 2.45) is 5.73 Å². The molecule has 0 spiro atoms. The Morgan fingerprint density at radius 1 is 1.50 bits per heavy atom. The molecule has 0 aliphatic carbocycles. The number of nitrogens with two attached hydrogens (primary N) is 1. The maximum absolute atomic E-state index is 5.57. The number of nitrogens with zero attached hydrogens (tertiary/aromatic N) is 1. The van der Waals surface area contributed by atoms with E-state index >= 15 is 0 Å². The number of aromatic nitrogens is 1. The van der Waals surface area contributed by atoms with Gasteiger partial charge in [0, 0.05) is 29.4 Å². The van der Waals surface area contributed by atoms with Gasteiger partial charge in [0.2, 0.25) is 0 Å². The van der Waals surface area contributed by atoms with Crippen LogP contribution in [0.5, 0.6) is 0 Å². The van der Waals surface area contributed by atoms with Crippen molar-refractivity contribution in [3.8, 4) is 11.1 Å². The van der Waals surface area contributed by atoms with Crippen molar-refractivity contribution in [1.29, 1.82) is 0 Å². The summed E-state index contributed by atoms with van der Waals surface area (Å²) in [5, 5.41) is 2.13. The first kappa shape index (κ1) is 9.37. The predicted molar refractivity (Wildman–Crippen MR) is 60.2 cm³/mol. The first-order valence-corrected chi connectivity index (χ1v) is 5.37. The largest absolute Gasteiger partial charge is 0.326 e. The van der Waals surface area contributed by atoms with Gasteiger partial charge < -0.3 is 5.73 Å². The number of hydrogen-bond donors (Lipinski definition) is 1. The van der Waals surface area contributed by atoms with Crippen molar-refractivity contribution in [3.05, 3.63) is 40.3 Å². The van der Waals surface area contributed by atoms with Gasteiger partial charge in [0.25, 0.3) is 0 Å². The van der Waals surface area contributed by atoms with Crippen molar-refractivity contribution in [3.63, 3.8) is 0 Å². The highest BCUT2D eigenvalue weighted by atomic mass is 32.1. The van der Waals surface area contributed by atoms with Gasteiger partial charge in [-0.2, -0.15) is 0 Å². The maximum atomic E-state index is 5.57. The molecule has 0 amide bonds. The molecule has 2 heterocycles. The molecule has 2 aromatic heterocycles. The number of thiophene rings is 1. The Kier molecular flexibility index (Phi) is 2.61. The summed E-state index contributed by atoms with van der Waals surface area (Å²) in [6, 6.07) is 4.16. The average Bonchev–Trinajstić information content (AvgIpc) is 2.67. The number of hydrogen-bond acceptors (Lipinski definition) is 3. The second-order valence-corrected chi connectivity index (χ2v) is 4.19. The normalized spacial score (nSPS) is 10.4. The fraction of sp³-hybridized carbons (Fsp3) is 0.182. The van der Waals surface area contributed by atoms with Gasteiger partial charge in [-0.1, -0.05) is 0 Å². The fourth-order valence-electron chi connectivity index (χ4n) is 1.40. The lowest BCUT2D eigenvalue weighted by Gasteiger charge is -2.00. The molecule has 0 saturated heterocycles. The van der Waals surface area contributed by atoms with Crippen LogP contribution >= 0.6 is 11.3 Å². The Labute approximate surface area is 87.4 Å². The first-order valence-electron chi connectivity index (χ1n) is 4.49. The minimum atomic E-state index is 0.615. The highest BCUT2D eigenvalue weighted by molar-refractivity contribution is 7.10. The van der Waals surface area contributed by atoms with E-state index < -0.39 is 0 Å². The third-order valence-electron chi connectivity index (χ3n) is 2.21. The molecule has 3 heteroatoms. The minimum Gasteiger partial charge on any atom is -0.326 e. The van der Waals surface area contributed by atoms with Crippen LogP contribution in [-0.2, 0) is 6.54 Å². The lowest BCUT2D eigenvalue weighted by atomic mass is 10.1. The topological polar surface area (TPSA) is 38.9 Å². The maximum Gasteiger partial charge on any atom is 0.0349 e. The second-order valence-electron chi connectivity index (χ2n) is 3.20. The molecule has 0 unspecified atom stereocenters. The Bertz CT molecular complexity index is 434. The van der Waals surface area contributed by atoms with Crippen LogP contribution in [0.1, 0.15) is 10.4 Å². The summed E-state index contributed by atoms with van der Waals surface area (Å²) in [6.45, 7) is 2.71. The summed E-state index contributed by atoms with van der Waals surface area (Å²) in [5.41, 5.74) is 9.25. The molecule has 2 aromatic rings. The SMILES string of the molecule is Cc1ccncc1-c1csc(CN)c1. The summed E-state index contributed by atoms with van der Waals surface area (Å²) in [7, 11) is 0. The standard InChI is InChI=1S/C11H12N2S/c1-8-2-3-13-6-11(8)9-4-10(5-12)14-7-9/h2-4,6-7H,5,12H2,1H3. The molecular formula is C11H12N2S. The Morgan fingerprint density at radius 3 is 3.00 bits per heavy atom. The third-order valence-corrected chi connectivity index (χ3v) is 3.16. The van der Waals surface area contributed by atoms with Gasteiger partial charge in [0.05, 0.1) is 0 Å². The molecule has 0 aliphatic rings. The van der Waals surface area contributed by atoms with E-state index in [1.807, 2.05) is 18.5 Å². The van der Waals surface area contributed by atoms with Crippen molar-refractivity contribution >= 4 is 11.3 Å². The van der Waals surface area contributed by atoms with E-state index in [9.17, 15) is 0 Å². The summed E-state index contributed by atoms with van der Waals surface area (Å²) in [6.07, 6.45) is 3.72. The van der Waals surface area contributed by atoms with E-state index in [-0.39, 0.29) is 0 Å². The van der Waals surface area contributed by atoms with Gasteiger partial charge in [-0.15, -0.1) is 11.3 Å². The van der Waals surface area contributed by atoms with Crippen LogP contribution in [0.2, 0.25) is 0 Å². The molecule has 0 aromatic carbocycles. The third kappa shape index (κ3) is 1.69. The van der Waals surface area contributed by atoms with Crippen molar-refractivity contribution in [2.45, 2.75) is 13.5 Å². The van der Waals surface area contributed by atoms with Crippen LogP contribution in [0.25, 0.3) is 11.1 Å². The Balaban J connectivity index is 2.44. The highest BCUT2D eigenvalue weighted by Crippen LogP contribution is 2.27. The zero-order chi connectivity index (χ0) is 9.97. The van der Waals surface area contributed by atoms with Gasteiger partial charge in [-0.25, -0.2) is 0 Å². The summed E-state index contributed by atoms with van der Waals surface area (Å²) >= 11 is 1.70. The molecule has 0 radical (unpaired) electrons. The monoisotopic (exact) mass is 204 g/mol. The van der Waals surface area contributed by atoms with Crippen LogP contribution in [0.3, 0.4) is 0 Å². The van der Waals surface area contributed by atoms with Gasteiger partial charge in [0.1, 0.15) is 0 Å². The van der Waals surface area contributed by atoms with E-state index in [4.69, 9.17) is 5.73 Å². The molecule has 72 valence electrons. The molecule has 2 rings (SSSR count). The second kappa shape index (κ2) is 3.90. The van der Waals surface area contributed by atoms with Gasteiger partial charge in [-0.05, 0) is 35.6 Å². The smallest absolute Gasteiger partial charge is 0.0349 e. The summed E-state index contributed by atoms with van der Waals surface area (Å²) in [4.78, 5) is 5.34. The molecule has 2 N–H and O–H groups in total. The zero-order valence-corrected chi connectivity index (χ0v) is 8.84. The molecule has 0 atom stereocenters. The molecule has 2 nitrogen and oxygen atoms in total. The van der Waals surface area contributed by atoms with Crippen molar-refractivity contribution in [2.75, 3.05) is 0 Å². The first-order chi connectivity index (χ1) is 6.81. The lowest BCUT2D eigenvalue weighted by Crippen LogP contribution is -1.91. The van der Waals surface area contributed by atoms with E-state index in [0.717, 1.165) is 0 Å². The van der Waals surface area contributed by atoms with Crippen LogP contribution < -0.4 is 5.73 Å². The highest BCUT2D eigenvalue weighted by Gasteiger charge is 2.03. The number of rotatable bonds is 2. The summed E-state index contributed by atoms with van der Waals surface area (Å²) in [5.74, 6) is 0. The van der Waals surface area contributed by atoms with Crippen LogP contribution in [0.4, 0.5) is 0 Å². The van der Waals surface area contributed by atoms with E-state index in [1.54, 1.807) is 11.3 Å². The van der Waals surface area contributed by atoms with Crippen LogP contribution in [0.15, 0.2) is 29.9 Å². The van der Waals surface area contributed by atoms with Crippen molar-refractivity contribution < 1.29 is 0 Å². The molecular weight excluding hydrogens is 192 g/mol. The zero-order valence-electron chi connectivity index (χ0n) is 8.03. The molecule has 0 saturated carbocycles. The predicted octanol–water partition coefficient (Wildman–Crippen LogP) is 2.58. The van der Waals surface area contributed by atoms with E-state index in [0.29, 0.717) is 6.54 Å². The Morgan fingerprint density at radius 2 is 2.36 bits per heavy atom. The number of pyridine rings is 1. The van der Waals surface area contributed by atoms with E-state index in [1.165, 1.54) is 21.6 Å². The van der Waals surface area contributed by atoms with E-state index in [2.05, 4.69) is 23.4 Å². The molecule has 0 aliphatic heterocycles. The lowest BCUT2D eigenvalue weighted by molar-refractivity contribution is 1.11. The average molecular weight is 204 g/mol. The molecule has 0 fully saturated rings. The Hall–Kier alpha value is -1.19. The van der Waals surface area contributed by atoms with Gasteiger partial charge >= 0.3 is 0 Å². The number of aryl methyl sites for hydroxylation is 1. The minimum absolute atomic E-state index is 0.615. The summed E-state index contributed by atoms with van der Waals surface area (Å²) < 4.78 is 0. The molecule has 14 heavy (non-hydrogen) atoms. The quantitative estimate of drug-likeness (QED) is 0.816. The fourth-order valence-corrected chi connectivity index (χ4v) is 2.16. The van der Waals surface area contributed by atoms with Crippen LogP contribution in [0, 0.1) is 6.92 Å². The van der Waals surface area contributed by atoms with Crippen LogP contribution in [-0.4, -0.2) is 4.98 Å². The van der Waals surface area contributed by atoms with Gasteiger partial charge in [0.15, 0.2) is 0 Å². The molecule has 0 bridgehead atoms. The van der Waals surface area contributed by atoms with Crippen molar-refractivity contribution in [1.82, 2.24) is 4.98 Å². The van der Waals surface area contributed by atoms with Gasteiger partial charge in [-0.3, -0.25) is 4.98 Å².